The highest BCUT2D eigenvalue weighted by molar-refractivity contribution is 5.61. The molecule has 1 aromatic heterocycles. The van der Waals surface area contributed by atoms with Crippen LogP contribution in [0.1, 0.15) is 12.8 Å². The first-order valence-electron chi connectivity index (χ1n) is 8.80. The molecule has 0 aliphatic carbocycles. The molecular formula is C20H22N5O2. The van der Waals surface area contributed by atoms with Crippen molar-refractivity contribution >= 4 is 23.1 Å². The molecule has 3 aromatic rings. The SMILES string of the molecule is NCCCCOc1cccc(Nc2ccnc(Nc3cccc([O])c3)n2)c1. The van der Waals surface area contributed by atoms with E-state index in [1.165, 1.54) is 12.1 Å². The molecule has 2 aromatic carbocycles. The maximum Gasteiger partial charge on any atom is 0.229 e. The van der Waals surface area contributed by atoms with E-state index in [9.17, 15) is 5.11 Å². The lowest BCUT2D eigenvalue weighted by Gasteiger charge is -2.10. The number of hydrogen-bond donors (Lipinski definition) is 3. The second-order valence-corrected chi connectivity index (χ2v) is 5.92. The van der Waals surface area contributed by atoms with Gasteiger partial charge in [-0.05, 0) is 49.7 Å². The van der Waals surface area contributed by atoms with Crippen LogP contribution in [0.25, 0.3) is 0 Å². The molecule has 0 atom stereocenters. The fourth-order valence-electron chi connectivity index (χ4n) is 2.44. The first-order valence-corrected chi connectivity index (χ1v) is 8.80. The monoisotopic (exact) mass is 364 g/mol. The van der Waals surface area contributed by atoms with Gasteiger partial charge in [-0.2, -0.15) is 4.98 Å². The Hall–Kier alpha value is -3.32. The summed E-state index contributed by atoms with van der Waals surface area (Å²) in [5.74, 6) is 1.75. The summed E-state index contributed by atoms with van der Waals surface area (Å²) in [6.07, 6.45) is 3.52. The average molecular weight is 364 g/mol. The highest BCUT2D eigenvalue weighted by atomic mass is 16.5. The van der Waals surface area contributed by atoms with Gasteiger partial charge in [0.25, 0.3) is 0 Å². The van der Waals surface area contributed by atoms with Crippen molar-refractivity contribution in [3.05, 3.63) is 60.8 Å². The van der Waals surface area contributed by atoms with Gasteiger partial charge in [-0.15, -0.1) is 0 Å². The normalized spacial score (nSPS) is 10.4. The summed E-state index contributed by atoms with van der Waals surface area (Å²) >= 11 is 0. The van der Waals surface area contributed by atoms with Crippen molar-refractivity contribution in [3.63, 3.8) is 0 Å². The number of hydrogen-bond acceptors (Lipinski definition) is 6. The van der Waals surface area contributed by atoms with Gasteiger partial charge < -0.3 is 21.1 Å². The molecule has 0 unspecified atom stereocenters. The van der Waals surface area contributed by atoms with Crippen molar-refractivity contribution < 1.29 is 9.84 Å². The van der Waals surface area contributed by atoms with E-state index in [0.717, 1.165) is 24.3 Å². The fourth-order valence-corrected chi connectivity index (χ4v) is 2.44. The van der Waals surface area contributed by atoms with E-state index in [1.54, 1.807) is 24.4 Å². The first kappa shape index (κ1) is 18.5. The number of ether oxygens (including phenoxy) is 1. The average Bonchev–Trinajstić information content (AvgIpc) is 2.66. The van der Waals surface area contributed by atoms with Crippen LogP contribution in [0.15, 0.2) is 60.8 Å². The zero-order chi connectivity index (χ0) is 18.9. The molecule has 0 aliphatic heterocycles. The number of aromatic nitrogens is 2. The molecular weight excluding hydrogens is 342 g/mol. The number of nitrogens with zero attached hydrogens (tertiary/aromatic N) is 2. The quantitative estimate of drug-likeness (QED) is 0.491. The van der Waals surface area contributed by atoms with Gasteiger partial charge in [0.2, 0.25) is 5.95 Å². The van der Waals surface area contributed by atoms with Crippen molar-refractivity contribution in [3.8, 4) is 11.5 Å². The van der Waals surface area contributed by atoms with Crippen LogP contribution in [0.5, 0.6) is 11.5 Å². The molecule has 7 nitrogen and oxygen atoms in total. The topological polar surface area (TPSA) is 105 Å². The van der Waals surface area contributed by atoms with Crippen LogP contribution < -0.4 is 21.1 Å². The maximum absolute atomic E-state index is 11.4. The molecule has 1 heterocycles. The molecule has 0 saturated carbocycles. The largest absolute Gasteiger partial charge is 0.494 e. The van der Waals surface area contributed by atoms with Crippen molar-refractivity contribution in [2.24, 2.45) is 5.73 Å². The van der Waals surface area contributed by atoms with E-state index >= 15 is 0 Å². The van der Waals surface area contributed by atoms with E-state index in [-0.39, 0.29) is 5.75 Å². The number of benzene rings is 2. The molecule has 3 rings (SSSR count). The van der Waals surface area contributed by atoms with Crippen LogP contribution in [0, 0.1) is 0 Å². The van der Waals surface area contributed by atoms with Crippen LogP contribution in [-0.2, 0) is 5.11 Å². The molecule has 0 fully saturated rings. The second-order valence-electron chi connectivity index (χ2n) is 5.92. The van der Waals surface area contributed by atoms with Crippen molar-refractivity contribution in [1.82, 2.24) is 9.97 Å². The molecule has 0 amide bonds. The molecule has 0 bridgehead atoms. The van der Waals surface area contributed by atoms with Gasteiger partial charge in [-0.25, -0.2) is 4.98 Å². The van der Waals surface area contributed by atoms with E-state index in [1.807, 2.05) is 24.3 Å². The summed E-state index contributed by atoms with van der Waals surface area (Å²) in [6.45, 7) is 1.31. The molecule has 0 aliphatic rings. The third-order valence-electron chi connectivity index (χ3n) is 3.72. The lowest BCUT2D eigenvalue weighted by molar-refractivity contribution is 0.308. The Morgan fingerprint density at radius 3 is 2.59 bits per heavy atom. The minimum atomic E-state index is -0.0717. The number of anilines is 4. The standard InChI is InChI=1S/C20H22N5O2/c21-10-1-2-12-27-18-8-4-6-16(14-18)23-19-9-11-22-20(25-19)24-15-5-3-7-17(26)13-15/h3-9,11,13-14H,1-2,10,12,21H2,(H2,22,23,24,25). The van der Waals surface area contributed by atoms with Crippen molar-refractivity contribution in [2.75, 3.05) is 23.8 Å². The third kappa shape index (κ3) is 5.86. The van der Waals surface area contributed by atoms with E-state index in [4.69, 9.17) is 10.5 Å². The highest BCUT2D eigenvalue weighted by Gasteiger charge is 2.03. The van der Waals surface area contributed by atoms with E-state index < -0.39 is 0 Å². The highest BCUT2D eigenvalue weighted by Crippen LogP contribution is 2.23. The summed E-state index contributed by atoms with van der Waals surface area (Å²) in [5.41, 5.74) is 6.99. The Bertz CT molecular complexity index is 872. The van der Waals surface area contributed by atoms with Crippen LogP contribution in [-0.4, -0.2) is 23.1 Å². The number of nitrogens with one attached hydrogen (secondary N) is 2. The zero-order valence-corrected chi connectivity index (χ0v) is 14.9. The van der Waals surface area contributed by atoms with Gasteiger partial charge in [0, 0.05) is 29.7 Å². The summed E-state index contributed by atoms with van der Waals surface area (Å²) < 4.78 is 5.73. The Kier molecular flexibility index (Phi) is 6.43. The Balaban J connectivity index is 1.64. The number of nitrogens with two attached hydrogens (primary N) is 1. The molecule has 7 heteroatoms. The number of unbranched alkanes of at least 4 members (excludes halogenated alkanes) is 1. The second kappa shape index (κ2) is 9.40. The summed E-state index contributed by atoms with van der Waals surface area (Å²) in [6, 6.07) is 15.9. The summed E-state index contributed by atoms with van der Waals surface area (Å²) in [7, 11) is 0. The smallest absolute Gasteiger partial charge is 0.229 e. The summed E-state index contributed by atoms with van der Waals surface area (Å²) in [4.78, 5) is 8.60. The van der Waals surface area contributed by atoms with Crippen molar-refractivity contribution in [1.29, 1.82) is 0 Å². The molecule has 27 heavy (non-hydrogen) atoms. The minimum absolute atomic E-state index is 0.0717. The van der Waals surface area contributed by atoms with Gasteiger partial charge in [-0.3, -0.25) is 5.11 Å². The van der Waals surface area contributed by atoms with Crippen LogP contribution in [0.2, 0.25) is 0 Å². The molecule has 0 saturated heterocycles. The molecule has 139 valence electrons. The molecule has 4 N–H and O–H groups in total. The van der Waals surface area contributed by atoms with Gasteiger partial charge in [-0.1, -0.05) is 12.1 Å². The Labute approximate surface area is 158 Å². The van der Waals surface area contributed by atoms with Crippen molar-refractivity contribution in [2.45, 2.75) is 12.8 Å². The van der Waals surface area contributed by atoms with Gasteiger partial charge in [0.1, 0.15) is 11.6 Å². The predicted octanol–water partition coefficient (Wildman–Crippen LogP) is 4.23. The summed E-state index contributed by atoms with van der Waals surface area (Å²) in [5, 5.41) is 17.7. The lowest BCUT2D eigenvalue weighted by Crippen LogP contribution is -2.03. The lowest BCUT2D eigenvalue weighted by atomic mass is 10.3. The van der Waals surface area contributed by atoms with Crippen LogP contribution in [0.4, 0.5) is 23.1 Å². The van der Waals surface area contributed by atoms with E-state index in [0.29, 0.717) is 30.6 Å². The predicted molar refractivity (Wildman–Crippen MR) is 105 cm³/mol. The van der Waals surface area contributed by atoms with Crippen LogP contribution >= 0.6 is 0 Å². The van der Waals surface area contributed by atoms with E-state index in [2.05, 4.69) is 20.6 Å². The van der Waals surface area contributed by atoms with Gasteiger partial charge in [0.05, 0.1) is 6.61 Å². The molecule has 1 radical (unpaired) electrons. The maximum atomic E-state index is 11.4. The Morgan fingerprint density at radius 1 is 0.963 bits per heavy atom. The molecule has 0 spiro atoms. The van der Waals surface area contributed by atoms with Crippen LogP contribution in [0.3, 0.4) is 0 Å². The fraction of sp³-hybridized carbons (Fsp3) is 0.200. The third-order valence-corrected chi connectivity index (χ3v) is 3.72. The zero-order valence-electron chi connectivity index (χ0n) is 14.9. The minimum Gasteiger partial charge on any atom is -0.494 e. The van der Waals surface area contributed by atoms with Gasteiger partial charge in [0.15, 0.2) is 5.75 Å². The first-order chi connectivity index (χ1) is 13.2. The van der Waals surface area contributed by atoms with Gasteiger partial charge >= 0.3 is 0 Å². The Morgan fingerprint density at radius 2 is 1.78 bits per heavy atom. The number of rotatable bonds is 9.